The smallest absolute Gasteiger partial charge is 0.230 e. The maximum Gasteiger partial charge on any atom is 0.230 e. The van der Waals surface area contributed by atoms with Gasteiger partial charge in [-0.1, -0.05) is 17.8 Å². The molecule has 0 radical (unpaired) electrons. The van der Waals surface area contributed by atoms with Crippen LogP contribution in [0.2, 0.25) is 0 Å². The van der Waals surface area contributed by atoms with Gasteiger partial charge in [0, 0.05) is 22.8 Å². The minimum atomic E-state index is -0.0473. The third-order valence-electron chi connectivity index (χ3n) is 3.90. The molecular weight excluding hydrogens is 394 g/mol. The number of nitrogens with one attached hydrogen (secondary N) is 1. The van der Waals surface area contributed by atoms with Gasteiger partial charge in [-0.2, -0.15) is 0 Å². The fourth-order valence-electron chi connectivity index (χ4n) is 2.58. The van der Waals surface area contributed by atoms with Crippen LogP contribution in [0.25, 0.3) is 11.4 Å². The molecule has 0 atom stereocenters. The number of thioether (sulfide) groups is 1. The van der Waals surface area contributed by atoms with Crippen molar-refractivity contribution in [1.82, 2.24) is 25.1 Å². The normalized spacial score (nSPS) is 10.9. The number of nitrogens with zero attached hydrogens (tertiary/aromatic N) is 4. The molecule has 0 fully saturated rings. The average Bonchev–Trinajstić information content (AvgIpc) is 3.48. The lowest BCUT2D eigenvalue weighted by Crippen LogP contribution is -2.24. The van der Waals surface area contributed by atoms with E-state index < -0.39 is 0 Å². The SMILES string of the molecule is O=C(CSc1nnc(-c2cccnc2)n1Cc1ccco1)NCc1cccs1. The van der Waals surface area contributed by atoms with Crippen LogP contribution in [-0.2, 0) is 17.9 Å². The lowest BCUT2D eigenvalue weighted by Gasteiger charge is -2.09. The first kappa shape index (κ1) is 18.5. The van der Waals surface area contributed by atoms with Gasteiger partial charge in [0.15, 0.2) is 11.0 Å². The minimum Gasteiger partial charge on any atom is -0.467 e. The second-order valence-electron chi connectivity index (χ2n) is 5.86. The predicted octanol–water partition coefficient (Wildman–Crippen LogP) is 3.45. The Morgan fingerprint density at radius 1 is 1.21 bits per heavy atom. The molecule has 0 unspecified atom stereocenters. The minimum absolute atomic E-state index is 0.0473. The quantitative estimate of drug-likeness (QED) is 0.447. The van der Waals surface area contributed by atoms with Crippen molar-refractivity contribution in [2.24, 2.45) is 0 Å². The van der Waals surface area contributed by atoms with Gasteiger partial charge in [0.1, 0.15) is 5.76 Å². The van der Waals surface area contributed by atoms with Gasteiger partial charge in [-0.25, -0.2) is 0 Å². The monoisotopic (exact) mass is 411 g/mol. The van der Waals surface area contributed by atoms with Crippen LogP contribution < -0.4 is 5.32 Å². The molecule has 4 heterocycles. The van der Waals surface area contributed by atoms with E-state index in [1.807, 2.05) is 46.3 Å². The Labute approximate surface area is 169 Å². The van der Waals surface area contributed by atoms with Gasteiger partial charge in [-0.3, -0.25) is 14.3 Å². The molecule has 28 heavy (non-hydrogen) atoms. The molecule has 0 aromatic carbocycles. The van der Waals surface area contributed by atoms with Crippen molar-refractivity contribution < 1.29 is 9.21 Å². The Morgan fingerprint density at radius 3 is 2.93 bits per heavy atom. The number of carbonyl (C=O) groups excluding carboxylic acids is 1. The number of pyridine rings is 1. The van der Waals surface area contributed by atoms with Gasteiger partial charge < -0.3 is 9.73 Å². The first-order chi connectivity index (χ1) is 13.8. The van der Waals surface area contributed by atoms with E-state index in [9.17, 15) is 4.79 Å². The maximum absolute atomic E-state index is 12.2. The van der Waals surface area contributed by atoms with E-state index in [1.54, 1.807) is 30.0 Å². The van der Waals surface area contributed by atoms with Crippen molar-refractivity contribution >= 4 is 29.0 Å². The zero-order chi connectivity index (χ0) is 19.2. The first-order valence-corrected chi connectivity index (χ1v) is 10.4. The number of aromatic nitrogens is 4. The topological polar surface area (TPSA) is 85.8 Å². The molecule has 4 aromatic rings. The lowest BCUT2D eigenvalue weighted by atomic mass is 10.2. The van der Waals surface area contributed by atoms with Gasteiger partial charge in [0.2, 0.25) is 5.91 Å². The van der Waals surface area contributed by atoms with Crippen LogP contribution in [0.4, 0.5) is 0 Å². The summed E-state index contributed by atoms with van der Waals surface area (Å²) in [6, 6.07) is 11.5. The van der Waals surface area contributed by atoms with E-state index in [-0.39, 0.29) is 11.7 Å². The Morgan fingerprint density at radius 2 is 2.18 bits per heavy atom. The van der Waals surface area contributed by atoms with Crippen LogP contribution in [0.5, 0.6) is 0 Å². The summed E-state index contributed by atoms with van der Waals surface area (Å²) < 4.78 is 7.42. The average molecular weight is 412 g/mol. The molecule has 0 aliphatic heterocycles. The molecule has 4 aromatic heterocycles. The standard InChI is InChI=1S/C19H17N5O2S2/c25-17(21-11-16-6-3-9-27-16)13-28-19-23-22-18(14-4-1-7-20-10-14)24(19)12-15-5-2-8-26-15/h1-10H,11-13H2,(H,21,25). The van der Waals surface area contributed by atoms with Crippen molar-refractivity contribution in [3.63, 3.8) is 0 Å². The highest BCUT2D eigenvalue weighted by atomic mass is 32.2. The number of hydrogen-bond donors (Lipinski definition) is 1. The van der Waals surface area contributed by atoms with Gasteiger partial charge in [0.25, 0.3) is 0 Å². The van der Waals surface area contributed by atoms with Gasteiger partial charge in [0.05, 0.1) is 25.1 Å². The highest BCUT2D eigenvalue weighted by Crippen LogP contribution is 2.24. The zero-order valence-corrected chi connectivity index (χ0v) is 16.4. The fraction of sp³-hybridized carbons (Fsp3) is 0.158. The van der Waals surface area contributed by atoms with E-state index in [0.717, 1.165) is 16.2 Å². The van der Waals surface area contributed by atoms with E-state index >= 15 is 0 Å². The van der Waals surface area contributed by atoms with Crippen molar-refractivity contribution in [3.05, 3.63) is 71.1 Å². The second kappa shape index (κ2) is 8.85. The van der Waals surface area contributed by atoms with Crippen LogP contribution in [0, 0.1) is 0 Å². The van der Waals surface area contributed by atoms with Crippen molar-refractivity contribution in [2.45, 2.75) is 18.2 Å². The van der Waals surface area contributed by atoms with E-state index in [0.29, 0.717) is 24.1 Å². The van der Waals surface area contributed by atoms with Crippen LogP contribution in [0.15, 0.2) is 70.0 Å². The molecule has 1 amide bonds. The summed E-state index contributed by atoms with van der Waals surface area (Å²) in [5.74, 6) is 1.68. The zero-order valence-electron chi connectivity index (χ0n) is 14.8. The molecule has 0 aliphatic carbocycles. The maximum atomic E-state index is 12.2. The number of furan rings is 1. The molecule has 0 saturated carbocycles. The van der Waals surface area contributed by atoms with Gasteiger partial charge >= 0.3 is 0 Å². The highest BCUT2D eigenvalue weighted by molar-refractivity contribution is 7.99. The summed E-state index contributed by atoms with van der Waals surface area (Å²) >= 11 is 2.97. The van der Waals surface area contributed by atoms with Crippen molar-refractivity contribution in [1.29, 1.82) is 0 Å². The molecule has 0 spiro atoms. The fourth-order valence-corrected chi connectivity index (χ4v) is 4.00. The number of carbonyl (C=O) groups is 1. The van der Waals surface area contributed by atoms with E-state index in [4.69, 9.17) is 4.42 Å². The molecule has 1 N–H and O–H groups in total. The Hall–Kier alpha value is -2.91. The number of rotatable bonds is 8. The number of thiophene rings is 1. The van der Waals surface area contributed by atoms with Crippen LogP contribution in [0.1, 0.15) is 10.6 Å². The molecule has 7 nitrogen and oxygen atoms in total. The third-order valence-corrected chi connectivity index (χ3v) is 5.75. The van der Waals surface area contributed by atoms with Gasteiger partial charge in [-0.15, -0.1) is 21.5 Å². The van der Waals surface area contributed by atoms with Crippen molar-refractivity contribution in [2.75, 3.05) is 5.75 Å². The molecule has 0 aliphatic rings. The van der Waals surface area contributed by atoms with E-state index in [1.165, 1.54) is 11.8 Å². The summed E-state index contributed by atoms with van der Waals surface area (Å²) in [5.41, 5.74) is 0.857. The van der Waals surface area contributed by atoms with Crippen molar-refractivity contribution in [3.8, 4) is 11.4 Å². The Kier molecular flexibility index (Phi) is 5.83. The lowest BCUT2D eigenvalue weighted by molar-refractivity contribution is -0.118. The van der Waals surface area contributed by atoms with Crippen LogP contribution >= 0.6 is 23.1 Å². The van der Waals surface area contributed by atoms with Crippen LogP contribution in [0.3, 0.4) is 0 Å². The number of hydrogen-bond acceptors (Lipinski definition) is 7. The number of amides is 1. The summed E-state index contributed by atoms with van der Waals surface area (Å²) in [6.45, 7) is 1.01. The molecule has 9 heteroatoms. The summed E-state index contributed by atoms with van der Waals surface area (Å²) in [6.07, 6.45) is 5.09. The molecule has 0 bridgehead atoms. The Balaban J connectivity index is 1.48. The largest absolute Gasteiger partial charge is 0.467 e. The van der Waals surface area contributed by atoms with Crippen LogP contribution in [-0.4, -0.2) is 31.4 Å². The highest BCUT2D eigenvalue weighted by Gasteiger charge is 2.17. The Bertz CT molecular complexity index is 1010. The molecule has 142 valence electrons. The first-order valence-electron chi connectivity index (χ1n) is 8.57. The van der Waals surface area contributed by atoms with Gasteiger partial charge in [-0.05, 0) is 35.7 Å². The summed E-state index contributed by atoms with van der Waals surface area (Å²) in [4.78, 5) is 17.5. The molecule has 0 saturated heterocycles. The molecule has 4 rings (SSSR count). The van der Waals surface area contributed by atoms with E-state index in [2.05, 4.69) is 20.5 Å². The summed E-state index contributed by atoms with van der Waals surface area (Å²) in [7, 11) is 0. The second-order valence-corrected chi connectivity index (χ2v) is 7.83. The summed E-state index contributed by atoms with van der Waals surface area (Å²) in [5, 5.41) is 14.2. The third kappa shape index (κ3) is 4.49. The molecular formula is C19H17N5O2S2. The predicted molar refractivity (Wildman–Crippen MR) is 108 cm³/mol.